The summed E-state index contributed by atoms with van der Waals surface area (Å²) in [7, 11) is 1.73. The maximum atomic E-state index is 11.0. The predicted octanol–water partition coefficient (Wildman–Crippen LogP) is 2.24. The third kappa shape index (κ3) is 2.11. The van der Waals surface area contributed by atoms with Crippen molar-refractivity contribution >= 4 is 11.5 Å². The molecule has 1 aromatic rings. The zero-order valence-electron chi connectivity index (χ0n) is 10.5. The average Bonchev–Trinajstić information content (AvgIpc) is 2.97. The van der Waals surface area contributed by atoms with Gasteiger partial charge in [0.1, 0.15) is 5.69 Å². The van der Waals surface area contributed by atoms with E-state index in [2.05, 4.69) is 17.3 Å². The minimum Gasteiger partial charge on any atom is -0.364 e. The highest BCUT2D eigenvalue weighted by molar-refractivity contribution is 5.59. The molecule has 94 valence electrons. The molecule has 0 saturated heterocycles. The van der Waals surface area contributed by atoms with Crippen LogP contribution in [0.1, 0.15) is 31.9 Å². The number of nitrogens with one attached hydrogen (secondary N) is 1. The molecule has 1 aliphatic carbocycles. The molecule has 0 atom stereocenters. The molecule has 1 aliphatic rings. The van der Waals surface area contributed by atoms with E-state index in [0.717, 1.165) is 13.0 Å². The van der Waals surface area contributed by atoms with Gasteiger partial charge in [-0.1, -0.05) is 6.92 Å². The summed E-state index contributed by atoms with van der Waals surface area (Å²) in [6, 6.07) is 0. The number of anilines is 1. The number of hydrogen-bond acceptors (Lipinski definition) is 4. The molecular weight excluding hydrogens is 220 g/mol. The summed E-state index contributed by atoms with van der Waals surface area (Å²) in [5.74, 6) is 0.521. The first kappa shape index (κ1) is 11.9. The van der Waals surface area contributed by atoms with Crippen LogP contribution < -0.4 is 5.32 Å². The van der Waals surface area contributed by atoms with E-state index in [1.165, 1.54) is 12.8 Å². The van der Waals surface area contributed by atoms with E-state index < -0.39 is 0 Å². The zero-order chi connectivity index (χ0) is 12.6. The van der Waals surface area contributed by atoms with Crippen molar-refractivity contribution in [3.63, 3.8) is 0 Å². The number of hydrogen-bond donors (Lipinski definition) is 1. The highest BCUT2D eigenvalue weighted by Crippen LogP contribution is 2.48. The molecule has 0 aliphatic heterocycles. The molecule has 1 fully saturated rings. The zero-order valence-corrected chi connectivity index (χ0v) is 10.5. The van der Waals surface area contributed by atoms with Crippen LogP contribution in [0.4, 0.5) is 11.5 Å². The van der Waals surface area contributed by atoms with Crippen LogP contribution in [0, 0.1) is 22.5 Å². The Morgan fingerprint density at radius 3 is 2.71 bits per heavy atom. The van der Waals surface area contributed by atoms with Gasteiger partial charge in [0, 0.05) is 13.6 Å². The van der Waals surface area contributed by atoms with Gasteiger partial charge in [-0.3, -0.25) is 10.1 Å². The maximum absolute atomic E-state index is 11.0. The first-order valence-electron chi connectivity index (χ1n) is 5.91. The van der Waals surface area contributed by atoms with Gasteiger partial charge in [-0.05, 0) is 31.6 Å². The van der Waals surface area contributed by atoms with Gasteiger partial charge in [0.15, 0.2) is 0 Å². The van der Waals surface area contributed by atoms with Crippen LogP contribution in [0.3, 0.4) is 0 Å². The summed E-state index contributed by atoms with van der Waals surface area (Å²) in [5.41, 5.74) is 0.909. The van der Waals surface area contributed by atoms with E-state index in [0.29, 0.717) is 16.9 Å². The molecule has 17 heavy (non-hydrogen) atoms. The topological polar surface area (TPSA) is 73.0 Å². The van der Waals surface area contributed by atoms with Gasteiger partial charge >= 0.3 is 5.69 Å². The molecule has 0 unspecified atom stereocenters. The lowest BCUT2D eigenvalue weighted by Crippen LogP contribution is -2.17. The van der Waals surface area contributed by atoms with E-state index >= 15 is 0 Å². The molecule has 6 nitrogen and oxygen atoms in total. The number of aryl methyl sites for hydroxylation is 2. The third-order valence-corrected chi connectivity index (χ3v) is 3.71. The summed E-state index contributed by atoms with van der Waals surface area (Å²) >= 11 is 0. The molecule has 2 rings (SSSR count). The number of rotatable bonds is 5. The lowest BCUT2D eigenvalue weighted by molar-refractivity contribution is -0.384. The van der Waals surface area contributed by atoms with Crippen molar-refractivity contribution < 1.29 is 4.92 Å². The lowest BCUT2D eigenvalue weighted by atomic mass is 10.0. The first-order chi connectivity index (χ1) is 7.99. The summed E-state index contributed by atoms with van der Waals surface area (Å²) in [4.78, 5) is 10.6. The fourth-order valence-corrected chi connectivity index (χ4v) is 2.17. The summed E-state index contributed by atoms with van der Waals surface area (Å²) < 4.78 is 1.55. The molecule has 0 amide bonds. The minimum absolute atomic E-state index is 0.0967. The van der Waals surface area contributed by atoms with E-state index in [9.17, 15) is 10.1 Å². The molecule has 1 saturated carbocycles. The quantitative estimate of drug-likeness (QED) is 0.630. The Morgan fingerprint density at radius 2 is 2.24 bits per heavy atom. The smallest absolute Gasteiger partial charge is 0.333 e. The van der Waals surface area contributed by atoms with Crippen LogP contribution in [0.2, 0.25) is 0 Å². The Balaban J connectivity index is 2.17. The number of nitro groups is 1. The Morgan fingerprint density at radius 1 is 1.59 bits per heavy atom. The molecular formula is C11H18N4O2. The summed E-state index contributed by atoms with van der Waals surface area (Å²) in [6.07, 6.45) is 3.53. The van der Waals surface area contributed by atoms with Gasteiger partial charge in [-0.15, -0.1) is 0 Å². The van der Waals surface area contributed by atoms with Crippen LogP contribution in [0.15, 0.2) is 0 Å². The lowest BCUT2D eigenvalue weighted by Gasteiger charge is -2.13. The molecule has 0 radical (unpaired) electrons. The SMILES string of the molecule is CCC1(CNc2c([N+](=O)[O-])c(C)nn2C)CC1. The second-order valence-corrected chi connectivity index (χ2v) is 4.87. The summed E-state index contributed by atoms with van der Waals surface area (Å²) in [6.45, 7) is 4.62. The van der Waals surface area contributed by atoms with Gasteiger partial charge in [0.25, 0.3) is 0 Å². The van der Waals surface area contributed by atoms with Gasteiger partial charge in [0.2, 0.25) is 5.82 Å². The second-order valence-electron chi connectivity index (χ2n) is 4.87. The third-order valence-electron chi connectivity index (χ3n) is 3.71. The Labute approximate surface area is 100 Å². The Bertz CT molecular complexity index is 449. The monoisotopic (exact) mass is 238 g/mol. The molecule has 1 heterocycles. The molecule has 0 bridgehead atoms. The maximum Gasteiger partial charge on any atom is 0.333 e. The highest BCUT2D eigenvalue weighted by atomic mass is 16.6. The summed E-state index contributed by atoms with van der Waals surface area (Å²) in [5, 5.41) is 18.3. The fraction of sp³-hybridized carbons (Fsp3) is 0.727. The van der Waals surface area contributed by atoms with Crippen molar-refractivity contribution in [2.45, 2.75) is 33.1 Å². The molecule has 6 heteroatoms. The van der Waals surface area contributed by atoms with Crippen LogP contribution >= 0.6 is 0 Å². The largest absolute Gasteiger partial charge is 0.364 e. The van der Waals surface area contributed by atoms with Crippen LogP contribution in [-0.2, 0) is 7.05 Å². The number of aromatic nitrogens is 2. The molecule has 0 spiro atoms. The molecule has 0 aromatic carbocycles. The minimum atomic E-state index is -0.365. The Kier molecular flexibility index (Phi) is 2.81. The van der Waals surface area contributed by atoms with Crippen molar-refractivity contribution in [1.29, 1.82) is 0 Å². The molecule has 1 N–H and O–H groups in total. The highest BCUT2D eigenvalue weighted by Gasteiger charge is 2.41. The van der Waals surface area contributed by atoms with Crippen molar-refractivity contribution in [3.05, 3.63) is 15.8 Å². The normalized spacial score (nSPS) is 16.9. The van der Waals surface area contributed by atoms with Crippen LogP contribution in [0.25, 0.3) is 0 Å². The van der Waals surface area contributed by atoms with Crippen LogP contribution in [0.5, 0.6) is 0 Å². The van der Waals surface area contributed by atoms with Crippen molar-refractivity contribution in [3.8, 4) is 0 Å². The second kappa shape index (κ2) is 4.01. The van der Waals surface area contributed by atoms with Crippen molar-refractivity contribution in [1.82, 2.24) is 9.78 Å². The fourth-order valence-electron chi connectivity index (χ4n) is 2.17. The van der Waals surface area contributed by atoms with E-state index in [1.807, 2.05) is 0 Å². The van der Waals surface area contributed by atoms with Crippen molar-refractivity contribution in [2.24, 2.45) is 12.5 Å². The van der Waals surface area contributed by atoms with E-state index in [4.69, 9.17) is 0 Å². The van der Waals surface area contributed by atoms with E-state index in [1.54, 1.807) is 18.7 Å². The molecule has 1 aromatic heterocycles. The van der Waals surface area contributed by atoms with Gasteiger partial charge < -0.3 is 5.32 Å². The van der Waals surface area contributed by atoms with Gasteiger partial charge in [-0.2, -0.15) is 5.10 Å². The first-order valence-corrected chi connectivity index (χ1v) is 5.91. The van der Waals surface area contributed by atoms with E-state index in [-0.39, 0.29) is 10.6 Å². The Hall–Kier alpha value is -1.59. The standard InChI is InChI=1S/C11H18N4O2/c1-4-11(5-6-11)7-12-10-9(15(16)17)8(2)13-14(10)3/h12H,4-7H2,1-3H3. The number of nitrogens with zero attached hydrogens (tertiary/aromatic N) is 3. The van der Waals surface area contributed by atoms with Gasteiger partial charge in [0.05, 0.1) is 4.92 Å². The van der Waals surface area contributed by atoms with Crippen LogP contribution in [-0.4, -0.2) is 21.2 Å². The van der Waals surface area contributed by atoms with Gasteiger partial charge in [-0.25, -0.2) is 4.68 Å². The average molecular weight is 238 g/mol. The van der Waals surface area contributed by atoms with Crippen molar-refractivity contribution in [2.75, 3.05) is 11.9 Å². The predicted molar refractivity (Wildman–Crippen MR) is 65.0 cm³/mol.